The van der Waals surface area contributed by atoms with Gasteiger partial charge in [-0.05, 0) is 32.9 Å². The van der Waals surface area contributed by atoms with Gasteiger partial charge in [0, 0.05) is 12.3 Å². The highest BCUT2D eigenvalue weighted by molar-refractivity contribution is 7.54. The van der Waals surface area contributed by atoms with Crippen LogP contribution in [0.3, 0.4) is 0 Å². The van der Waals surface area contributed by atoms with Crippen LogP contribution in [-0.4, -0.2) is 64.1 Å². The first-order chi connectivity index (χ1) is 16.8. The summed E-state index contributed by atoms with van der Waals surface area (Å²) in [5.41, 5.74) is 0. The quantitative estimate of drug-likeness (QED) is 0.260. The van der Waals surface area contributed by atoms with E-state index in [1.165, 1.54) is 17.2 Å². The second-order valence-corrected chi connectivity index (χ2v) is 12.0. The Balaban J connectivity index is 1.76. The Morgan fingerprint density at radius 3 is 2.61 bits per heavy atom. The zero-order valence-electron chi connectivity index (χ0n) is 20.6. The molecular weight excluding hydrogens is 511 g/mol. The highest BCUT2D eigenvalue weighted by Crippen LogP contribution is 2.51. The van der Waals surface area contributed by atoms with Gasteiger partial charge in [-0.3, -0.25) is 14.1 Å². The highest BCUT2D eigenvalue weighted by Gasteiger charge is 2.55. The number of para-hydroxylation sites is 1. The summed E-state index contributed by atoms with van der Waals surface area (Å²) in [5.74, 6) is -1.15. The van der Waals surface area contributed by atoms with Gasteiger partial charge in [0.2, 0.25) is 0 Å². The molecule has 1 saturated heterocycles. The number of hydrogen-bond acceptors (Lipinski definition) is 9. The summed E-state index contributed by atoms with van der Waals surface area (Å²) in [5, 5.41) is 13.5. The predicted octanol–water partition coefficient (Wildman–Crippen LogP) is 3.36. The van der Waals surface area contributed by atoms with Crippen molar-refractivity contribution in [3.8, 4) is 5.75 Å². The summed E-state index contributed by atoms with van der Waals surface area (Å²) >= 11 is 6.65. The lowest BCUT2D eigenvalue weighted by molar-refractivity contribution is -0.151. The van der Waals surface area contributed by atoms with E-state index in [0.29, 0.717) is 5.75 Å². The van der Waals surface area contributed by atoms with Gasteiger partial charge in [-0.25, -0.2) is 4.57 Å². The molecule has 0 aliphatic carbocycles. The summed E-state index contributed by atoms with van der Waals surface area (Å²) in [7, 11) is -3.92. The van der Waals surface area contributed by atoms with Crippen LogP contribution in [0.4, 0.5) is 0 Å². The second kappa shape index (κ2) is 11.4. The van der Waals surface area contributed by atoms with Crippen molar-refractivity contribution in [2.45, 2.75) is 57.1 Å². The molecule has 0 aromatic heterocycles. The van der Waals surface area contributed by atoms with Crippen LogP contribution >= 0.6 is 19.2 Å². The van der Waals surface area contributed by atoms with Crippen molar-refractivity contribution in [3.63, 3.8) is 0 Å². The molecule has 2 N–H and O–H groups in total. The van der Waals surface area contributed by atoms with E-state index >= 15 is 0 Å². The van der Waals surface area contributed by atoms with Crippen molar-refractivity contribution >= 4 is 31.1 Å². The van der Waals surface area contributed by atoms with Crippen LogP contribution in [0.15, 0.2) is 55.0 Å². The largest absolute Gasteiger partial charge is 0.463 e. The molecular formula is C24H32ClN2O8P. The molecule has 198 valence electrons. The predicted molar refractivity (Wildman–Crippen MR) is 133 cm³/mol. The molecule has 2 heterocycles. The number of aliphatic hydroxyl groups is 1. The summed E-state index contributed by atoms with van der Waals surface area (Å²) in [4.78, 5) is 24.1. The van der Waals surface area contributed by atoms with Gasteiger partial charge in [0.05, 0.1) is 24.8 Å². The van der Waals surface area contributed by atoms with E-state index in [9.17, 15) is 19.3 Å². The highest BCUT2D eigenvalue weighted by atomic mass is 35.5. The lowest BCUT2D eigenvalue weighted by Crippen LogP contribution is -2.50. The lowest BCUT2D eigenvalue weighted by Gasteiger charge is -2.36. The molecule has 0 saturated carbocycles. The van der Waals surface area contributed by atoms with Gasteiger partial charge in [-0.15, -0.1) is 11.6 Å². The average molecular weight is 543 g/mol. The normalized spacial score (nSPS) is 28.5. The van der Waals surface area contributed by atoms with Gasteiger partial charge in [-0.1, -0.05) is 31.7 Å². The van der Waals surface area contributed by atoms with Crippen molar-refractivity contribution in [2.24, 2.45) is 5.92 Å². The minimum Gasteiger partial charge on any atom is -0.463 e. The first-order valence-corrected chi connectivity index (χ1v) is 13.6. The fourth-order valence-electron chi connectivity index (χ4n) is 3.76. The Hall–Kier alpha value is -2.36. The van der Waals surface area contributed by atoms with E-state index in [0.717, 1.165) is 0 Å². The zero-order valence-corrected chi connectivity index (χ0v) is 22.3. The van der Waals surface area contributed by atoms with Gasteiger partial charge in [0.25, 0.3) is 5.91 Å². The first-order valence-electron chi connectivity index (χ1n) is 11.5. The first kappa shape index (κ1) is 28.2. The molecule has 1 aromatic carbocycles. The fraction of sp³-hybridized carbons (Fsp3) is 0.500. The smallest absolute Gasteiger partial charge is 0.380 e. The number of rotatable bonds is 10. The van der Waals surface area contributed by atoms with Crippen LogP contribution in [0.1, 0.15) is 27.7 Å². The van der Waals surface area contributed by atoms with Crippen LogP contribution < -0.4 is 9.84 Å². The Bertz CT molecular complexity index is 1050. The Labute approximate surface area is 215 Å². The Kier molecular flexibility index (Phi) is 8.90. The number of hydrogen-bond donors (Lipinski definition) is 2. The van der Waals surface area contributed by atoms with Gasteiger partial charge >= 0.3 is 13.6 Å². The molecule has 1 unspecified atom stereocenters. The van der Waals surface area contributed by atoms with Crippen molar-refractivity contribution in [2.75, 3.05) is 12.8 Å². The topological polar surface area (TPSA) is 124 Å². The molecule has 36 heavy (non-hydrogen) atoms. The molecule has 2 aliphatic heterocycles. The number of nitrogens with zero attached hydrogens (tertiary/aromatic N) is 1. The third-order valence-electron chi connectivity index (χ3n) is 5.61. The third kappa shape index (κ3) is 6.69. The van der Waals surface area contributed by atoms with Gasteiger partial charge in [0.15, 0.2) is 6.23 Å². The zero-order chi connectivity index (χ0) is 26.7. The molecule has 10 nitrogen and oxygen atoms in total. The standard InChI is InChI=1S/C24H32ClN2O8P/c1-15(2)33-22(30)16(3)14-36(31,35-18-9-7-6-8-10-18)32-13-19-21(29)24(5,25)23(34-19)27-12-11-20(28)26-17(27)4/h6-12,15-16,19,21,23,29H,4,13-14H2,1-3,5H3,(H,26,28)/t16-,19-,21-,23-,24-,36?/m1/s1. The number of aliphatic hydroxyl groups excluding tert-OH is 1. The van der Waals surface area contributed by atoms with Crippen LogP contribution in [0, 0.1) is 5.92 Å². The van der Waals surface area contributed by atoms with Gasteiger partial charge in [0.1, 0.15) is 28.7 Å². The summed E-state index contributed by atoms with van der Waals surface area (Å²) in [6.07, 6.45) is -1.01. The maximum Gasteiger partial charge on any atom is 0.380 e. The molecule has 3 rings (SSSR count). The molecule has 1 aromatic rings. The minimum absolute atomic E-state index is 0.226. The number of carbonyl (C=O) groups excluding carboxylic acids is 2. The monoisotopic (exact) mass is 542 g/mol. The Morgan fingerprint density at radius 2 is 2.00 bits per heavy atom. The van der Waals surface area contributed by atoms with Crippen molar-refractivity contribution in [3.05, 3.63) is 55.0 Å². The SMILES string of the molecule is C=C1NC(=O)C=CN1[C@@H]1O[C@H](COP(=O)(C[C@@H](C)C(=O)OC(C)C)Oc2ccccc2)[C@@H](O)[C@@]1(C)Cl. The molecule has 1 fully saturated rings. The number of esters is 1. The number of benzene rings is 1. The third-order valence-corrected chi connectivity index (χ3v) is 8.05. The van der Waals surface area contributed by atoms with E-state index in [1.807, 2.05) is 0 Å². The van der Waals surface area contributed by atoms with Crippen LogP contribution in [0.25, 0.3) is 0 Å². The second-order valence-electron chi connectivity index (χ2n) is 9.16. The number of halogens is 1. The van der Waals surface area contributed by atoms with E-state index in [1.54, 1.807) is 58.0 Å². The molecule has 0 spiro atoms. The summed E-state index contributed by atoms with van der Waals surface area (Å²) in [6.45, 7) is 10.0. The molecule has 1 amide bonds. The number of nitrogens with one attached hydrogen (secondary N) is 1. The van der Waals surface area contributed by atoms with Gasteiger partial charge in [-0.2, -0.15) is 0 Å². The van der Waals surface area contributed by atoms with Crippen molar-refractivity contribution in [1.29, 1.82) is 0 Å². The minimum atomic E-state index is -3.92. The van der Waals surface area contributed by atoms with E-state index < -0.39 is 42.8 Å². The lowest BCUT2D eigenvalue weighted by atomic mass is 10.0. The number of carbonyl (C=O) groups is 2. The number of alkyl halides is 1. The molecule has 6 atom stereocenters. The molecule has 0 bridgehead atoms. The average Bonchev–Trinajstić information content (AvgIpc) is 3.01. The van der Waals surface area contributed by atoms with Gasteiger partial charge < -0.3 is 29.3 Å². The van der Waals surface area contributed by atoms with E-state index in [2.05, 4.69) is 11.9 Å². The maximum absolute atomic E-state index is 13.8. The molecule has 0 radical (unpaired) electrons. The number of ether oxygens (including phenoxy) is 2. The van der Waals surface area contributed by atoms with E-state index in [4.69, 9.17) is 30.1 Å². The van der Waals surface area contributed by atoms with Crippen molar-refractivity contribution < 1.29 is 37.8 Å². The van der Waals surface area contributed by atoms with E-state index in [-0.39, 0.29) is 30.6 Å². The maximum atomic E-state index is 13.8. The van der Waals surface area contributed by atoms with Crippen LogP contribution in [-0.2, 0) is 28.2 Å². The van der Waals surface area contributed by atoms with Crippen LogP contribution in [0.2, 0.25) is 0 Å². The molecule has 12 heteroatoms. The summed E-state index contributed by atoms with van der Waals surface area (Å²) in [6, 6.07) is 8.42. The Morgan fingerprint density at radius 1 is 1.33 bits per heavy atom. The summed E-state index contributed by atoms with van der Waals surface area (Å²) < 4.78 is 36.4. The molecule has 2 aliphatic rings. The fourth-order valence-corrected chi connectivity index (χ4v) is 5.93. The van der Waals surface area contributed by atoms with Crippen molar-refractivity contribution in [1.82, 2.24) is 10.2 Å². The van der Waals surface area contributed by atoms with Crippen LogP contribution in [0.5, 0.6) is 5.75 Å². The number of amides is 1.